The lowest BCUT2D eigenvalue weighted by Crippen LogP contribution is -2.27. The number of allylic oxidation sites excluding steroid dienone is 4. The summed E-state index contributed by atoms with van der Waals surface area (Å²) in [7, 11) is 1.78. The van der Waals surface area contributed by atoms with Crippen molar-refractivity contribution < 1.29 is 4.74 Å². The molecule has 0 saturated heterocycles. The van der Waals surface area contributed by atoms with Crippen LogP contribution < -0.4 is 5.32 Å². The van der Waals surface area contributed by atoms with Gasteiger partial charge in [-0.3, -0.25) is 0 Å². The molecule has 0 fully saturated rings. The summed E-state index contributed by atoms with van der Waals surface area (Å²) in [5, 5.41) is 3.59. The first-order valence-corrected chi connectivity index (χ1v) is 6.22. The fraction of sp³-hybridized carbons (Fsp3) is 0.571. The Hall–Kier alpha value is -1.02. The molecule has 0 saturated carbocycles. The predicted octanol–water partition coefficient (Wildman–Crippen LogP) is 2.55. The van der Waals surface area contributed by atoms with Crippen LogP contribution >= 0.6 is 0 Å². The second kappa shape index (κ2) is 3.77. The Labute approximate surface area is 97.1 Å². The zero-order valence-electron chi connectivity index (χ0n) is 10.0. The van der Waals surface area contributed by atoms with Crippen molar-refractivity contribution >= 4 is 0 Å². The van der Waals surface area contributed by atoms with E-state index in [-0.39, 0.29) is 0 Å². The third-order valence-electron chi connectivity index (χ3n) is 3.99. The molecule has 3 aliphatic rings. The second-order valence-corrected chi connectivity index (χ2v) is 5.06. The average molecular weight is 217 g/mol. The number of methoxy groups -OCH3 is 1. The van der Waals surface area contributed by atoms with Gasteiger partial charge in [0.15, 0.2) is 0 Å². The number of ether oxygens (including phenoxy) is 1. The quantitative estimate of drug-likeness (QED) is 0.729. The smallest absolute Gasteiger partial charge is 0.124 e. The molecule has 2 aliphatic carbocycles. The van der Waals surface area contributed by atoms with Crippen molar-refractivity contribution in [2.24, 2.45) is 5.92 Å². The lowest BCUT2D eigenvalue weighted by molar-refractivity contribution is 0.299. The standard InChI is InChI=1S/C14H19NO/c1-9-6-10-4-3-5-11-7-13(16-2)12(8-15-9)14(10)11/h5,7,9-10,15H,3-4,6,8H2,1-2H3/t9-,10-/m0/s1. The van der Waals surface area contributed by atoms with E-state index < -0.39 is 0 Å². The van der Waals surface area contributed by atoms with Crippen LogP contribution in [0, 0.1) is 5.92 Å². The molecule has 2 heteroatoms. The van der Waals surface area contributed by atoms with Crippen LogP contribution in [0.1, 0.15) is 26.2 Å². The fourth-order valence-corrected chi connectivity index (χ4v) is 3.23. The zero-order valence-corrected chi connectivity index (χ0v) is 10.0. The molecule has 3 rings (SSSR count). The van der Waals surface area contributed by atoms with E-state index >= 15 is 0 Å². The first-order chi connectivity index (χ1) is 7.79. The third-order valence-corrected chi connectivity index (χ3v) is 3.99. The highest BCUT2D eigenvalue weighted by atomic mass is 16.5. The summed E-state index contributed by atoms with van der Waals surface area (Å²) in [5.41, 5.74) is 4.40. The molecular weight excluding hydrogens is 198 g/mol. The van der Waals surface area contributed by atoms with Crippen LogP contribution in [-0.4, -0.2) is 19.7 Å². The van der Waals surface area contributed by atoms with Crippen molar-refractivity contribution in [2.75, 3.05) is 13.7 Å². The van der Waals surface area contributed by atoms with Gasteiger partial charge in [0.1, 0.15) is 5.76 Å². The van der Waals surface area contributed by atoms with E-state index in [9.17, 15) is 0 Å². The Morgan fingerprint density at radius 1 is 1.44 bits per heavy atom. The Morgan fingerprint density at radius 2 is 2.31 bits per heavy atom. The molecule has 0 radical (unpaired) electrons. The van der Waals surface area contributed by atoms with Crippen molar-refractivity contribution in [3.63, 3.8) is 0 Å². The number of rotatable bonds is 1. The van der Waals surface area contributed by atoms with Gasteiger partial charge in [0.25, 0.3) is 0 Å². The molecule has 1 aliphatic heterocycles. The van der Waals surface area contributed by atoms with Gasteiger partial charge in [0.05, 0.1) is 7.11 Å². The van der Waals surface area contributed by atoms with E-state index in [0.29, 0.717) is 6.04 Å². The van der Waals surface area contributed by atoms with Crippen LogP contribution in [0.2, 0.25) is 0 Å². The van der Waals surface area contributed by atoms with Crippen LogP contribution in [0.15, 0.2) is 34.6 Å². The lowest BCUT2D eigenvalue weighted by atomic mass is 9.81. The topological polar surface area (TPSA) is 21.3 Å². The molecule has 0 unspecified atom stereocenters. The number of hydrogen-bond acceptors (Lipinski definition) is 2. The predicted molar refractivity (Wildman–Crippen MR) is 65.0 cm³/mol. The summed E-state index contributed by atoms with van der Waals surface area (Å²) in [4.78, 5) is 0. The van der Waals surface area contributed by atoms with Crippen LogP contribution in [0.25, 0.3) is 0 Å². The summed E-state index contributed by atoms with van der Waals surface area (Å²) in [6.45, 7) is 3.25. The Bertz CT molecular complexity index is 403. The van der Waals surface area contributed by atoms with E-state index in [2.05, 4.69) is 24.4 Å². The summed E-state index contributed by atoms with van der Waals surface area (Å²) in [6, 6.07) is 0.619. The Morgan fingerprint density at radius 3 is 3.12 bits per heavy atom. The minimum absolute atomic E-state index is 0.619. The van der Waals surface area contributed by atoms with Crippen molar-refractivity contribution in [1.82, 2.24) is 5.32 Å². The molecule has 0 bridgehead atoms. The second-order valence-electron chi connectivity index (χ2n) is 5.06. The van der Waals surface area contributed by atoms with E-state index in [1.807, 2.05) is 0 Å². The molecule has 0 spiro atoms. The molecule has 0 aromatic heterocycles. The van der Waals surface area contributed by atoms with Gasteiger partial charge in [0, 0.05) is 18.2 Å². The van der Waals surface area contributed by atoms with Gasteiger partial charge >= 0.3 is 0 Å². The van der Waals surface area contributed by atoms with Crippen molar-refractivity contribution in [1.29, 1.82) is 0 Å². The maximum atomic E-state index is 5.50. The van der Waals surface area contributed by atoms with E-state index in [4.69, 9.17) is 4.74 Å². The molecule has 0 amide bonds. The summed E-state index contributed by atoms with van der Waals surface area (Å²) >= 11 is 0. The van der Waals surface area contributed by atoms with Crippen molar-refractivity contribution in [2.45, 2.75) is 32.2 Å². The van der Waals surface area contributed by atoms with Gasteiger partial charge in [-0.25, -0.2) is 0 Å². The van der Waals surface area contributed by atoms with Gasteiger partial charge in [-0.05, 0) is 49.3 Å². The van der Waals surface area contributed by atoms with Crippen LogP contribution in [0.3, 0.4) is 0 Å². The molecule has 2 atom stereocenters. The monoisotopic (exact) mass is 217 g/mol. The van der Waals surface area contributed by atoms with Gasteiger partial charge in [-0.1, -0.05) is 6.08 Å². The minimum atomic E-state index is 0.619. The Kier molecular flexibility index (Phi) is 2.40. The third kappa shape index (κ3) is 1.44. The Balaban J connectivity index is 2.05. The molecule has 16 heavy (non-hydrogen) atoms. The largest absolute Gasteiger partial charge is 0.496 e. The molecule has 2 nitrogen and oxygen atoms in total. The minimum Gasteiger partial charge on any atom is -0.496 e. The fourth-order valence-electron chi connectivity index (χ4n) is 3.23. The van der Waals surface area contributed by atoms with Crippen LogP contribution in [0.4, 0.5) is 0 Å². The van der Waals surface area contributed by atoms with E-state index in [0.717, 1.165) is 18.2 Å². The molecular formula is C14H19NO. The summed E-state index contributed by atoms with van der Waals surface area (Å²) < 4.78 is 5.50. The number of hydrogen-bond donors (Lipinski definition) is 1. The first kappa shape index (κ1) is 10.2. The summed E-state index contributed by atoms with van der Waals surface area (Å²) in [5.74, 6) is 1.82. The molecule has 86 valence electrons. The lowest BCUT2D eigenvalue weighted by Gasteiger charge is -2.24. The van der Waals surface area contributed by atoms with Crippen LogP contribution in [-0.2, 0) is 4.74 Å². The summed E-state index contributed by atoms with van der Waals surface area (Å²) in [6.07, 6.45) is 8.37. The van der Waals surface area contributed by atoms with E-state index in [1.54, 1.807) is 12.7 Å². The number of nitrogens with one attached hydrogen (secondary N) is 1. The van der Waals surface area contributed by atoms with Crippen LogP contribution in [0.5, 0.6) is 0 Å². The molecule has 0 aromatic carbocycles. The van der Waals surface area contributed by atoms with Gasteiger partial charge in [0.2, 0.25) is 0 Å². The van der Waals surface area contributed by atoms with Gasteiger partial charge in [-0.2, -0.15) is 0 Å². The van der Waals surface area contributed by atoms with Crippen molar-refractivity contribution in [3.05, 3.63) is 34.6 Å². The maximum Gasteiger partial charge on any atom is 0.124 e. The van der Waals surface area contributed by atoms with Gasteiger partial charge in [-0.15, -0.1) is 0 Å². The highest BCUT2D eigenvalue weighted by Crippen LogP contribution is 2.43. The molecule has 0 aromatic rings. The van der Waals surface area contributed by atoms with Gasteiger partial charge < -0.3 is 10.1 Å². The normalized spacial score (nSPS) is 32.9. The van der Waals surface area contributed by atoms with Crippen molar-refractivity contribution in [3.8, 4) is 0 Å². The average Bonchev–Trinajstić information content (AvgIpc) is 2.55. The molecule has 1 N–H and O–H groups in total. The highest BCUT2D eigenvalue weighted by Gasteiger charge is 2.33. The SMILES string of the molecule is COC1=CC2=CCC[C@H]3C[C@H](C)NCC1=C23. The zero-order chi connectivity index (χ0) is 11.1. The molecule has 1 heterocycles. The maximum absolute atomic E-state index is 5.50. The first-order valence-electron chi connectivity index (χ1n) is 6.22. The highest BCUT2D eigenvalue weighted by molar-refractivity contribution is 5.59. The van der Waals surface area contributed by atoms with E-state index in [1.165, 1.54) is 30.4 Å².